The van der Waals surface area contributed by atoms with Crippen molar-refractivity contribution in [2.75, 3.05) is 24.4 Å². The molecule has 0 unspecified atom stereocenters. The molecule has 1 N–H and O–H groups in total. The second kappa shape index (κ2) is 7.97. The standard InChI is InChI=1S/C19H20N2O3/c1-14(22)21(2)17-9-6-8-16(13-17)20-19(23)12-11-15-7-4-5-10-18(15)24-3/h4-13H,1-3H3,(H,20,23)/b12-11+. The number of anilines is 2. The van der Waals surface area contributed by atoms with Gasteiger partial charge in [-0.1, -0.05) is 24.3 Å². The Labute approximate surface area is 141 Å². The molecular formula is C19H20N2O3. The first-order valence-corrected chi connectivity index (χ1v) is 7.47. The smallest absolute Gasteiger partial charge is 0.248 e. The fraction of sp³-hybridized carbons (Fsp3) is 0.158. The monoisotopic (exact) mass is 324 g/mol. The van der Waals surface area contributed by atoms with Crippen molar-refractivity contribution in [3.63, 3.8) is 0 Å². The minimum absolute atomic E-state index is 0.0745. The van der Waals surface area contributed by atoms with Crippen LogP contribution in [0.2, 0.25) is 0 Å². The zero-order chi connectivity index (χ0) is 17.5. The van der Waals surface area contributed by atoms with Crippen LogP contribution in [0.5, 0.6) is 5.75 Å². The molecule has 0 aromatic heterocycles. The van der Waals surface area contributed by atoms with Crippen molar-refractivity contribution in [1.29, 1.82) is 0 Å². The van der Waals surface area contributed by atoms with Crippen molar-refractivity contribution >= 4 is 29.3 Å². The molecule has 0 atom stereocenters. The summed E-state index contributed by atoms with van der Waals surface area (Å²) >= 11 is 0. The quantitative estimate of drug-likeness (QED) is 0.858. The fourth-order valence-electron chi connectivity index (χ4n) is 2.13. The predicted octanol–water partition coefficient (Wildman–Crippen LogP) is 3.33. The lowest BCUT2D eigenvalue weighted by Gasteiger charge is -2.15. The van der Waals surface area contributed by atoms with Gasteiger partial charge in [0.05, 0.1) is 7.11 Å². The van der Waals surface area contributed by atoms with E-state index in [1.54, 1.807) is 38.4 Å². The fourth-order valence-corrected chi connectivity index (χ4v) is 2.13. The van der Waals surface area contributed by atoms with Crippen LogP contribution in [0.4, 0.5) is 11.4 Å². The van der Waals surface area contributed by atoms with Crippen molar-refractivity contribution in [1.82, 2.24) is 0 Å². The minimum atomic E-state index is -0.261. The molecular weight excluding hydrogens is 304 g/mol. The van der Waals surface area contributed by atoms with Crippen LogP contribution in [-0.4, -0.2) is 26.0 Å². The first kappa shape index (κ1) is 17.3. The van der Waals surface area contributed by atoms with E-state index in [-0.39, 0.29) is 11.8 Å². The normalized spacial score (nSPS) is 10.5. The molecule has 5 heteroatoms. The van der Waals surface area contributed by atoms with Gasteiger partial charge in [0.1, 0.15) is 5.75 Å². The Kier molecular flexibility index (Phi) is 5.73. The summed E-state index contributed by atoms with van der Waals surface area (Å²) in [6.07, 6.45) is 3.14. The van der Waals surface area contributed by atoms with Gasteiger partial charge in [0.15, 0.2) is 0 Å². The maximum atomic E-state index is 12.1. The van der Waals surface area contributed by atoms with Crippen LogP contribution in [0.25, 0.3) is 6.08 Å². The van der Waals surface area contributed by atoms with Crippen LogP contribution < -0.4 is 15.0 Å². The van der Waals surface area contributed by atoms with Crippen LogP contribution in [0.3, 0.4) is 0 Å². The highest BCUT2D eigenvalue weighted by molar-refractivity contribution is 6.02. The van der Waals surface area contributed by atoms with E-state index in [1.165, 1.54) is 17.9 Å². The molecule has 2 rings (SSSR count). The zero-order valence-corrected chi connectivity index (χ0v) is 13.9. The van der Waals surface area contributed by atoms with Crippen LogP contribution in [0, 0.1) is 0 Å². The van der Waals surface area contributed by atoms with Gasteiger partial charge in [-0.2, -0.15) is 0 Å². The second-order valence-electron chi connectivity index (χ2n) is 5.19. The van der Waals surface area contributed by atoms with Crippen LogP contribution in [-0.2, 0) is 9.59 Å². The number of hydrogen-bond donors (Lipinski definition) is 1. The van der Waals surface area contributed by atoms with E-state index >= 15 is 0 Å². The summed E-state index contributed by atoms with van der Waals surface area (Å²) in [6, 6.07) is 14.6. The summed E-state index contributed by atoms with van der Waals surface area (Å²) in [5.74, 6) is 0.365. The summed E-state index contributed by atoms with van der Waals surface area (Å²) in [6.45, 7) is 1.49. The first-order chi connectivity index (χ1) is 11.5. The minimum Gasteiger partial charge on any atom is -0.496 e. The number of nitrogens with one attached hydrogen (secondary N) is 1. The predicted molar refractivity (Wildman–Crippen MR) is 96.2 cm³/mol. The largest absolute Gasteiger partial charge is 0.496 e. The molecule has 0 radical (unpaired) electrons. The van der Waals surface area contributed by atoms with Crippen molar-refractivity contribution in [2.24, 2.45) is 0 Å². The topological polar surface area (TPSA) is 58.6 Å². The Bertz CT molecular complexity index is 769. The van der Waals surface area contributed by atoms with Gasteiger partial charge in [0, 0.05) is 37.0 Å². The van der Waals surface area contributed by atoms with Crippen LogP contribution in [0.15, 0.2) is 54.6 Å². The summed E-state index contributed by atoms with van der Waals surface area (Å²) in [5.41, 5.74) is 2.16. The number of rotatable bonds is 5. The van der Waals surface area contributed by atoms with Gasteiger partial charge in [0.2, 0.25) is 11.8 Å². The molecule has 0 aliphatic rings. The van der Waals surface area contributed by atoms with Crippen molar-refractivity contribution in [2.45, 2.75) is 6.92 Å². The molecule has 2 amide bonds. The highest BCUT2D eigenvalue weighted by atomic mass is 16.5. The molecule has 2 aromatic carbocycles. The van der Waals surface area contributed by atoms with Gasteiger partial charge in [-0.05, 0) is 30.3 Å². The third-order valence-electron chi connectivity index (χ3n) is 3.53. The van der Waals surface area contributed by atoms with Gasteiger partial charge < -0.3 is 15.0 Å². The first-order valence-electron chi connectivity index (χ1n) is 7.47. The van der Waals surface area contributed by atoms with E-state index < -0.39 is 0 Å². The molecule has 24 heavy (non-hydrogen) atoms. The zero-order valence-electron chi connectivity index (χ0n) is 13.9. The van der Waals surface area contributed by atoms with Gasteiger partial charge >= 0.3 is 0 Å². The van der Waals surface area contributed by atoms with Gasteiger partial charge in [-0.3, -0.25) is 9.59 Å². The van der Waals surface area contributed by atoms with Crippen molar-refractivity contribution in [3.05, 3.63) is 60.2 Å². The number of amides is 2. The third kappa shape index (κ3) is 4.46. The maximum Gasteiger partial charge on any atom is 0.248 e. The summed E-state index contributed by atoms with van der Waals surface area (Å²) in [4.78, 5) is 25.0. The van der Waals surface area contributed by atoms with Crippen molar-refractivity contribution in [3.8, 4) is 5.75 Å². The van der Waals surface area contributed by atoms with E-state index in [1.807, 2.05) is 30.3 Å². The number of methoxy groups -OCH3 is 1. The molecule has 0 aliphatic heterocycles. The summed E-state index contributed by atoms with van der Waals surface area (Å²) in [5, 5.41) is 2.78. The Morgan fingerprint density at radius 1 is 1.12 bits per heavy atom. The molecule has 0 bridgehead atoms. The van der Waals surface area contributed by atoms with Gasteiger partial charge in [-0.15, -0.1) is 0 Å². The maximum absolute atomic E-state index is 12.1. The molecule has 5 nitrogen and oxygen atoms in total. The Morgan fingerprint density at radius 2 is 1.88 bits per heavy atom. The lowest BCUT2D eigenvalue weighted by Crippen LogP contribution is -2.22. The number of hydrogen-bond acceptors (Lipinski definition) is 3. The summed E-state index contributed by atoms with van der Waals surface area (Å²) in [7, 11) is 3.27. The SMILES string of the molecule is COc1ccccc1/C=C/C(=O)Nc1cccc(N(C)C(C)=O)c1. The van der Waals surface area contributed by atoms with E-state index in [0.717, 1.165) is 5.56 Å². The number of carbonyl (C=O) groups is 2. The lowest BCUT2D eigenvalue weighted by atomic mass is 10.2. The van der Waals surface area contributed by atoms with Crippen molar-refractivity contribution < 1.29 is 14.3 Å². The van der Waals surface area contributed by atoms with E-state index in [0.29, 0.717) is 17.1 Å². The van der Waals surface area contributed by atoms with E-state index in [2.05, 4.69) is 5.32 Å². The molecule has 2 aromatic rings. The Balaban J connectivity index is 2.08. The average Bonchev–Trinajstić information content (AvgIpc) is 2.59. The molecule has 0 saturated heterocycles. The van der Waals surface area contributed by atoms with E-state index in [9.17, 15) is 9.59 Å². The highest BCUT2D eigenvalue weighted by Gasteiger charge is 2.07. The third-order valence-corrected chi connectivity index (χ3v) is 3.53. The second-order valence-corrected chi connectivity index (χ2v) is 5.19. The van der Waals surface area contributed by atoms with Crippen LogP contribution in [0.1, 0.15) is 12.5 Å². The average molecular weight is 324 g/mol. The molecule has 124 valence electrons. The van der Waals surface area contributed by atoms with Crippen LogP contribution >= 0.6 is 0 Å². The Hall–Kier alpha value is -3.08. The van der Waals surface area contributed by atoms with E-state index in [4.69, 9.17) is 4.74 Å². The molecule has 0 spiro atoms. The molecule has 0 aliphatic carbocycles. The van der Waals surface area contributed by atoms with Gasteiger partial charge in [-0.25, -0.2) is 0 Å². The Morgan fingerprint density at radius 3 is 2.58 bits per heavy atom. The number of carbonyl (C=O) groups excluding carboxylic acids is 2. The molecule has 0 fully saturated rings. The molecule has 0 saturated carbocycles. The van der Waals surface area contributed by atoms with Gasteiger partial charge in [0.25, 0.3) is 0 Å². The number of benzene rings is 2. The molecule has 0 heterocycles. The number of nitrogens with zero attached hydrogens (tertiary/aromatic N) is 1. The lowest BCUT2D eigenvalue weighted by molar-refractivity contribution is -0.116. The summed E-state index contributed by atoms with van der Waals surface area (Å²) < 4.78 is 5.24. The number of para-hydroxylation sites is 1. The highest BCUT2D eigenvalue weighted by Crippen LogP contribution is 2.20. The number of ether oxygens (including phenoxy) is 1.